The molecule has 2 aliphatic carbocycles. The van der Waals surface area contributed by atoms with Gasteiger partial charge in [-0.3, -0.25) is 0 Å². The Balaban J connectivity index is 1.08. The third kappa shape index (κ3) is 6.62. The van der Waals surface area contributed by atoms with Crippen LogP contribution < -0.4 is 0 Å². The molecule has 0 N–H and O–H groups in total. The molecule has 0 heterocycles. The van der Waals surface area contributed by atoms with Crippen LogP contribution in [0.1, 0.15) is 22.3 Å². The lowest BCUT2D eigenvalue weighted by atomic mass is 9.81. The summed E-state index contributed by atoms with van der Waals surface area (Å²) in [6.45, 7) is 0. The van der Waals surface area contributed by atoms with Gasteiger partial charge in [-0.15, -0.1) is 0 Å². The number of halogens is 12. The first kappa shape index (κ1) is 48.0. The molecule has 2 aliphatic rings. The maximum atomic E-state index is 15.4. The summed E-state index contributed by atoms with van der Waals surface area (Å²) >= 11 is 0. The number of fused-ring (bicyclic) bond motifs is 10. The average Bonchev–Trinajstić information content (AvgIpc) is 4.12. The third-order valence-electron chi connectivity index (χ3n) is 16.4. The van der Waals surface area contributed by atoms with Crippen LogP contribution in [0.15, 0.2) is 194 Å². The molecule has 0 spiro atoms. The molecular weight excluding hydrogens is 1040 g/mol. The molecule has 15 rings (SSSR count). The Morgan fingerprint density at radius 1 is 0.200 bits per heavy atom. The van der Waals surface area contributed by atoms with Crippen molar-refractivity contribution in [3.8, 4) is 89.0 Å². The minimum Gasteiger partial charge on any atom is -0.166 e. The quantitative estimate of drug-likeness (QED) is 0.0936. The largest absolute Gasteiger partial charge is 0.417 e. The molecule has 13 aromatic carbocycles. The predicted octanol–water partition coefficient (Wildman–Crippen LogP) is 22.1. The van der Waals surface area contributed by atoms with Crippen LogP contribution in [0.5, 0.6) is 0 Å². The monoisotopic (exact) mass is 1080 g/mol. The summed E-state index contributed by atoms with van der Waals surface area (Å²) in [5.74, 6) is 0. The van der Waals surface area contributed by atoms with Gasteiger partial charge in [0, 0.05) is 0 Å². The second-order valence-corrected chi connectivity index (χ2v) is 20.5. The van der Waals surface area contributed by atoms with Crippen LogP contribution in [0, 0.1) is 0 Å². The third-order valence-corrected chi connectivity index (χ3v) is 16.4. The zero-order chi connectivity index (χ0) is 55.1. The molecule has 0 bridgehead atoms. The topological polar surface area (TPSA) is 0 Å². The van der Waals surface area contributed by atoms with Crippen LogP contribution >= 0.6 is 0 Å². The first-order chi connectivity index (χ1) is 38.3. The molecule has 13 aromatic rings. The van der Waals surface area contributed by atoms with Gasteiger partial charge in [-0.1, -0.05) is 158 Å². The maximum absolute atomic E-state index is 15.4. The second kappa shape index (κ2) is 16.2. The van der Waals surface area contributed by atoms with Crippen LogP contribution in [-0.4, -0.2) is 0 Å². The van der Waals surface area contributed by atoms with E-state index in [1.54, 1.807) is 60.7 Å². The highest BCUT2D eigenvalue weighted by atomic mass is 19.4. The van der Waals surface area contributed by atoms with Crippen molar-refractivity contribution in [2.45, 2.75) is 24.7 Å². The molecule has 0 saturated carbocycles. The van der Waals surface area contributed by atoms with Gasteiger partial charge in [0.1, 0.15) is 0 Å². The molecule has 0 atom stereocenters. The highest BCUT2D eigenvalue weighted by Crippen LogP contribution is 2.64. The molecule has 0 radical (unpaired) electrons. The van der Waals surface area contributed by atoms with E-state index >= 15 is 26.3 Å². The first-order valence-electron chi connectivity index (χ1n) is 25.4. The molecular formula is C68H32F12. The molecule has 0 nitrogen and oxygen atoms in total. The summed E-state index contributed by atoms with van der Waals surface area (Å²) in [6, 6.07) is 50.2. The van der Waals surface area contributed by atoms with Crippen LogP contribution in [-0.2, 0) is 24.7 Å². The van der Waals surface area contributed by atoms with Crippen LogP contribution in [0.2, 0.25) is 0 Å². The Bertz CT molecular complexity index is 4520. The zero-order valence-electron chi connectivity index (χ0n) is 41.0. The van der Waals surface area contributed by atoms with E-state index in [1.165, 1.54) is 0 Å². The van der Waals surface area contributed by atoms with Crippen LogP contribution in [0.4, 0.5) is 52.7 Å². The molecule has 80 heavy (non-hydrogen) atoms. The van der Waals surface area contributed by atoms with E-state index in [4.69, 9.17) is 0 Å². The van der Waals surface area contributed by atoms with E-state index in [0.717, 1.165) is 21.9 Å². The fourth-order valence-corrected chi connectivity index (χ4v) is 13.4. The minimum atomic E-state index is -5.06. The number of rotatable bonds is 4. The van der Waals surface area contributed by atoms with Crippen molar-refractivity contribution in [1.82, 2.24) is 0 Å². The summed E-state index contributed by atoms with van der Waals surface area (Å²) < 4.78 is 180. The van der Waals surface area contributed by atoms with Gasteiger partial charge in [-0.2, -0.15) is 52.7 Å². The van der Waals surface area contributed by atoms with Crippen LogP contribution in [0.3, 0.4) is 0 Å². The lowest BCUT2D eigenvalue weighted by molar-refractivity contribution is -0.141. The minimum absolute atomic E-state index is 0.00938. The van der Waals surface area contributed by atoms with E-state index in [9.17, 15) is 26.3 Å². The fraction of sp³-hybridized carbons (Fsp3) is 0.0588. The smallest absolute Gasteiger partial charge is 0.166 e. The lowest BCUT2D eigenvalue weighted by Crippen LogP contribution is -2.11. The molecule has 0 aromatic heterocycles. The first-order valence-corrected chi connectivity index (χ1v) is 25.4. The normalized spacial score (nSPS) is 13.2. The van der Waals surface area contributed by atoms with Gasteiger partial charge in [-0.25, -0.2) is 0 Å². The standard InChI is InChI=1S/C68H32F12/c69-65(70,71)35-19-29-51(67(75,76)77)49(31-35)57-39-17-9-7-15-37(39)53(33-11-3-1-4-12-33)61-45-25-21-41-42-22-26-46-60-48(28-24-44(56(42)60)43-23-27-47(63(57)61)59(45)55(41)43)64-58(50-32-36(66(72,73)74)20-30-52(50)68(78,79)80)40-18-10-8-16-38(40)54(62(46)64)34-13-5-2-6-14-34/h1-32H. The number of alkyl halides is 12. The molecule has 12 heteroatoms. The van der Waals surface area contributed by atoms with Gasteiger partial charge >= 0.3 is 24.7 Å². The second-order valence-electron chi connectivity index (χ2n) is 20.5. The summed E-state index contributed by atoms with van der Waals surface area (Å²) in [5, 5.41) is 7.33. The van der Waals surface area contributed by atoms with Crippen molar-refractivity contribution < 1.29 is 52.7 Å². The summed E-state index contributed by atoms with van der Waals surface area (Å²) in [5.41, 5.74) is 0.670. The van der Waals surface area contributed by atoms with Crippen molar-refractivity contribution >= 4 is 64.6 Å². The Kier molecular flexibility index (Phi) is 9.73. The van der Waals surface area contributed by atoms with E-state index in [-0.39, 0.29) is 11.1 Å². The lowest BCUT2D eigenvalue weighted by Gasteiger charge is -2.23. The Labute approximate surface area is 445 Å². The van der Waals surface area contributed by atoms with Gasteiger partial charge in [-0.05, 0) is 190 Å². The summed E-state index contributed by atoms with van der Waals surface area (Å²) in [7, 11) is 0. The highest BCUT2D eigenvalue weighted by Gasteiger charge is 2.43. The number of hydrogen-bond acceptors (Lipinski definition) is 0. The SMILES string of the molecule is FC(F)(F)c1ccc(C(F)(F)F)c(-c2c3c(c(-c4ccccc4)c4ccccc24)-c2ccc4c5ccc6c7c(ccc(c8ccc-3c2c48)c75)-c2c-6c(-c3ccccc3)c3ccccc3c2-c2cc(C(F)(F)F)ccc2C(F)(F)F)c1. The van der Waals surface area contributed by atoms with Gasteiger partial charge in [0.05, 0.1) is 22.3 Å². The zero-order valence-corrected chi connectivity index (χ0v) is 41.0. The van der Waals surface area contributed by atoms with Crippen LogP contribution in [0.25, 0.3) is 154 Å². The molecule has 0 fully saturated rings. The van der Waals surface area contributed by atoms with E-state index in [0.29, 0.717) is 146 Å². The molecule has 0 unspecified atom stereocenters. The molecule has 0 amide bonds. The molecule has 0 aliphatic heterocycles. The Morgan fingerprint density at radius 3 is 0.787 bits per heavy atom. The maximum Gasteiger partial charge on any atom is 0.417 e. The van der Waals surface area contributed by atoms with Gasteiger partial charge in [0.25, 0.3) is 0 Å². The van der Waals surface area contributed by atoms with Gasteiger partial charge in [0.2, 0.25) is 0 Å². The summed E-state index contributed by atoms with van der Waals surface area (Å²) in [6.07, 6.45) is -20.1. The predicted molar refractivity (Wildman–Crippen MR) is 293 cm³/mol. The van der Waals surface area contributed by atoms with E-state index < -0.39 is 58.1 Å². The van der Waals surface area contributed by atoms with Gasteiger partial charge < -0.3 is 0 Å². The number of benzene rings is 13. The van der Waals surface area contributed by atoms with Gasteiger partial charge in [0.15, 0.2) is 0 Å². The van der Waals surface area contributed by atoms with E-state index in [1.807, 2.05) is 97.1 Å². The highest BCUT2D eigenvalue weighted by molar-refractivity contribution is 6.42. The van der Waals surface area contributed by atoms with Crippen molar-refractivity contribution in [1.29, 1.82) is 0 Å². The number of hydrogen-bond donors (Lipinski definition) is 0. The Hall–Kier alpha value is -9.16. The summed E-state index contributed by atoms with van der Waals surface area (Å²) in [4.78, 5) is 0. The van der Waals surface area contributed by atoms with Crippen molar-refractivity contribution in [3.63, 3.8) is 0 Å². The van der Waals surface area contributed by atoms with Crippen molar-refractivity contribution in [2.24, 2.45) is 0 Å². The Morgan fingerprint density at radius 2 is 0.487 bits per heavy atom. The van der Waals surface area contributed by atoms with E-state index in [2.05, 4.69) is 0 Å². The average molecular weight is 1080 g/mol. The fourth-order valence-electron chi connectivity index (χ4n) is 13.4. The molecule has 0 saturated heterocycles. The van der Waals surface area contributed by atoms with Crippen molar-refractivity contribution in [2.75, 3.05) is 0 Å². The van der Waals surface area contributed by atoms with Crippen molar-refractivity contribution in [3.05, 3.63) is 216 Å². The molecule has 388 valence electrons.